The lowest BCUT2D eigenvalue weighted by Gasteiger charge is -2.29. The molecule has 0 unspecified atom stereocenters. The van der Waals surface area contributed by atoms with E-state index in [-0.39, 0.29) is 4.90 Å². The molecule has 0 saturated carbocycles. The Morgan fingerprint density at radius 1 is 1.07 bits per heavy atom. The van der Waals surface area contributed by atoms with Gasteiger partial charge in [-0.2, -0.15) is 9.40 Å². The highest BCUT2D eigenvalue weighted by atomic mass is 32.2. The van der Waals surface area contributed by atoms with E-state index in [9.17, 15) is 13.5 Å². The summed E-state index contributed by atoms with van der Waals surface area (Å²) < 4.78 is 27.7. The van der Waals surface area contributed by atoms with E-state index in [1.807, 2.05) is 36.4 Å². The molecule has 4 rings (SSSR count). The number of aliphatic hydroxyl groups excluding tert-OH is 1. The van der Waals surface area contributed by atoms with Gasteiger partial charge in [-0.25, -0.2) is 13.4 Å². The van der Waals surface area contributed by atoms with Crippen molar-refractivity contribution in [1.82, 2.24) is 19.5 Å². The Labute approximate surface area is 164 Å². The van der Waals surface area contributed by atoms with Gasteiger partial charge in [0.15, 0.2) is 11.6 Å². The molecule has 0 aliphatic carbocycles. The van der Waals surface area contributed by atoms with Crippen LogP contribution in [-0.2, 0) is 10.0 Å². The van der Waals surface area contributed by atoms with Crippen LogP contribution < -0.4 is 0 Å². The maximum Gasteiger partial charge on any atom is 0.243 e. The Kier molecular flexibility index (Phi) is 5.01. The van der Waals surface area contributed by atoms with Gasteiger partial charge in [0.05, 0.1) is 11.0 Å². The maximum absolute atomic E-state index is 13.1. The molecule has 0 spiro atoms. The topological polar surface area (TPSA) is 99.2 Å². The molecule has 1 aliphatic rings. The highest BCUT2D eigenvalue weighted by molar-refractivity contribution is 7.89. The van der Waals surface area contributed by atoms with E-state index in [0.717, 1.165) is 5.56 Å². The standard InChI is InChI=1S/C20H22N4O3S/c1-14-7-8-16(20-21-19(22-23-20)15-5-3-2-4-6-15)13-18(14)28(26,27)24-11-9-17(25)10-12-24/h2-8,13,17,25H,9-12H2,1H3,(H,21,22,23). The fourth-order valence-electron chi connectivity index (χ4n) is 3.35. The van der Waals surface area contributed by atoms with Gasteiger partial charge < -0.3 is 5.11 Å². The Morgan fingerprint density at radius 3 is 2.50 bits per heavy atom. The van der Waals surface area contributed by atoms with Gasteiger partial charge in [0.1, 0.15) is 0 Å². The summed E-state index contributed by atoms with van der Waals surface area (Å²) in [5, 5.41) is 16.8. The van der Waals surface area contributed by atoms with Crippen LogP contribution in [0.15, 0.2) is 53.4 Å². The van der Waals surface area contributed by atoms with E-state index in [1.165, 1.54) is 4.31 Å². The number of hydrogen-bond acceptors (Lipinski definition) is 5. The van der Waals surface area contributed by atoms with Crippen LogP contribution in [0.25, 0.3) is 22.8 Å². The van der Waals surface area contributed by atoms with Crippen LogP contribution in [0.1, 0.15) is 18.4 Å². The number of nitrogens with zero attached hydrogens (tertiary/aromatic N) is 3. The molecule has 146 valence electrons. The van der Waals surface area contributed by atoms with E-state index in [1.54, 1.807) is 19.1 Å². The number of benzene rings is 2. The Morgan fingerprint density at radius 2 is 1.79 bits per heavy atom. The van der Waals surface area contributed by atoms with E-state index in [4.69, 9.17) is 0 Å². The molecule has 1 aliphatic heterocycles. The molecule has 1 saturated heterocycles. The smallest absolute Gasteiger partial charge is 0.243 e. The summed E-state index contributed by atoms with van der Waals surface area (Å²) in [6, 6.07) is 14.9. The van der Waals surface area contributed by atoms with Crippen LogP contribution in [0.3, 0.4) is 0 Å². The van der Waals surface area contributed by atoms with Crippen molar-refractivity contribution in [3.8, 4) is 22.8 Å². The summed E-state index contributed by atoms with van der Waals surface area (Å²) in [7, 11) is -3.64. The third kappa shape index (κ3) is 3.58. The minimum absolute atomic E-state index is 0.257. The zero-order valence-corrected chi connectivity index (χ0v) is 16.4. The van der Waals surface area contributed by atoms with Gasteiger partial charge in [-0.1, -0.05) is 42.5 Å². The predicted molar refractivity (Wildman–Crippen MR) is 106 cm³/mol. The molecule has 7 nitrogen and oxygen atoms in total. The number of aromatic amines is 1. The van der Waals surface area contributed by atoms with Crippen molar-refractivity contribution in [1.29, 1.82) is 0 Å². The number of nitrogens with one attached hydrogen (secondary N) is 1. The number of hydrogen-bond donors (Lipinski definition) is 2. The van der Waals surface area contributed by atoms with Crippen LogP contribution in [0, 0.1) is 6.92 Å². The number of aryl methyl sites for hydroxylation is 1. The number of rotatable bonds is 4. The minimum atomic E-state index is -3.64. The average molecular weight is 398 g/mol. The number of sulfonamides is 1. The number of H-pyrrole nitrogens is 1. The molecular weight excluding hydrogens is 376 g/mol. The average Bonchev–Trinajstić information content (AvgIpc) is 3.19. The van der Waals surface area contributed by atoms with E-state index in [0.29, 0.717) is 48.7 Å². The van der Waals surface area contributed by atoms with Crippen molar-refractivity contribution >= 4 is 10.0 Å². The molecule has 2 heterocycles. The number of aliphatic hydroxyl groups is 1. The lowest BCUT2D eigenvalue weighted by Crippen LogP contribution is -2.40. The Hall–Kier alpha value is -2.55. The first-order valence-corrected chi connectivity index (χ1v) is 10.7. The lowest BCUT2D eigenvalue weighted by atomic mass is 10.1. The number of piperidine rings is 1. The zero-order chi connectivity index (χ0) is 19.7. The van der Waals surface area contributed by atoms with Crippen molar-refractivity contribution in [3.63, 3.8) is 0 Å². The molecule has 2 N–H and O–H groups in total. The van der Waals surface area contributed by atoms with Crippen LogP contribution in [-0.4, -0.2) is 52.2 Å². The van der Waals surface area contributed by atoms with E-state index >= 15 is 0 Å². The molecule has 0 amide bonds. The van der Waals surface area contributed by atoms with Crippen LogP contribution >= 0.6 is 0 Å². The SMILES string of the molecule is Cc1ccc(-c2n[nH]c(-c3ccccc3)n2)cc1S(=O)(=O)N1CCC(O)CC1. The molecule has 8 heteroatoms. The molecule has 0 radical (unpaired) electrons. The Balaban J connectivity index is 1.67. The third-order valence-electron chi connectivity index (χ3n) is 5.02. The van der Waals surface area contributed by atoms with E-state index < -0.39 is 16.1 Å². The fourth-order valence-corrected chi connectivity index (χ4v) is 5.08. The van der Waals surface area contributed by atoms with Gasteiger partial charge in [0.25, 0.3) is 0 Å². The van der Waals surface area contributed by atoms with Gasteiger partial charge in [0.2, 0.25) is 10.0 Å². The van der Waals surface area contributed by atoms with Crippen molar-refractivity contribution < 1.29 is 13.5 Å². The predicted octanol–water partition coefficient (Wildman–Crippen LogP) is 2.59. The van der Waals surface area contributed by atoms with Crippen molar-refractivity contribution in [2.75, 3.05) is 13.1 Å². The van der Waals surface area contributed by atoms with E-state index in [2.05, 4.69) is 15.2 Å². The summed E-state index contributed by atoms with van der Waals surface area (Å²) in [6.07, 6.45) is 0.488. The molecule has 28 heavy (non-hydrogen) atoms. The van der Waals surface area contributed by atoms with Gasteiger partial charge in [-0.15, -0.1) is 0 Å². The summed E-state index contributed by atoms with van der Waals surface area (Å²) >= 11 is 0. The number of aromatic nitrogens is 3. The second-order valence-corrected chi connectivity index (χ2v) is 8.90. The normalized spacial score (nSPS) is 16.4. The summed E-state index contributed by atoms with van der Waals surface area (Å²) in [5.74, 6) is 1.08. The van der Waals surface area contributed by atoms with Gasteiger partial charge in [0, 0.05) is 24.2 Å². The minimum Gasteiger partial charge on any atom is -0.393 e. The maximum atomic E-state index is 13.1. The first-order valence-electron chi connectivity index (χ1n) is 9.22. The molecular formula is C20H22N4O3S. The summed E-state index contributed by atoms with van der Waals surface area (Å²) in [6.45, 7) is 2.43. The molecule has 1 aromatic heterocycles. The molecule has 2 aromatic carbocycles. The highest BCUT2D eigenvalue weighted by Crippen LogP contribution is 2.28. The van der Waals surface area contributed by atoms with Crippen molar-refractivity contribution in [2.24, 2.45) is 0 Å². The molecule has 3 aromatic rings. The van der Waals surface area contributed by atoms with Crippen LogP contribution in [0.5, 0.6) is 0 Å². The summed E-state index contributed by atoms with van der Waals surface area (Å²) in [4.78, 5) is 4.77. The van der Waals surface area contributed by atoms with Crippen molar-refractivity contribution in [2.45, 2.75) is 30.8 Å². The second kappa shape index (κ2) is 7.46. The monoisotopic (exact) mass is 398 g/mol. The molecule has 0 bridgehead atoms. The van der Waals surface area contributed by atoms with Crippen LogP contribution in [0.4, 0.5) is 0 Å². The Bertz CT molecular complexity index is 1070. The largest absolute Gasteiger partial charge is 0.393 e. The third-order valence-corrected chi connectivity index (χ3v) is 7.06. The van der Waals surface area contributed by atoms with Gasteiger partial charge in [-0.05, 0) is 31.4 Å². The lowest BCUT2D eigenvalue weighted by molar-refractivity contribution is 0.113. The van der Waals surface area contributed by atoms with Crippen LogP contribution in [0.2, 0.25) is 0 Å². The quantitative estimate of drug-likeness (QED) is 0.704. The van der Waals surface area contributed by atoms with Gasteiger partial charge in [-0.3, -0.25) is 5.10 Å². The molecule has 0 atom stereocenters. The summed E-state index contributed by atoms with van der Waals surface area (Å²) in [5.41, 5.74) is 2.22. The second-order valence-electron chi connectivity index (χ2n) is 6.99. The molecule has 1 fully saturated rings. The first-order chi connectivity index (χ1) is 13.4. The zero-order valence-electron chi connectivity index (χ0n) is 15.5. The first kappa shape index (κ1) is 18.8. The fraction of sp³-hybridized carbons (Fsp3) is 0.300. The van der Waals surface area contributed by atoms with Crippen molar-refractivity contribution in [3.05, 3.63) is 54.1 Å². The highest BCUT2D eigenvalue weighted by Gasteiger charge is 2.30. The van der Waals surface area contributed by atoms with Gasteiger partial charge >= 0.3 is 0 Å².